The lowest BCUT2D eigenvalue weighted by Gasteiger charge is -2.12. The lowest BCUT2D eigenvalue weighted by Crippen LogP contribution is -2.34. The zero-order chi connectivity index (χ0) is 15.5. The van der Waals surface area contributed by atoms with Gasteiger partial charge in [-0.15, -0.1) is 11.3 Å². The van der Waals surface area contributed by atoms with Crippen molar-refractivity contribution >= 4 is 28.0 Å². The summed E-state index contributed by atoms with van der Waals surface area (Å²) >= 11 is 1.59. The maximum atomic E-state index is 12.3. The predicted molar refractivity (Wildman–Crippen MR) is 86.9 cm³/mol. The van der Waals surface area contributed by atoms with E-state index in [4.69, 9.17) is 0 Å². The number of carbonyl (C=O) groups is 1. The number of aromatic nitrogens is 2. The van der Waals surface area contributed by atoms with Gasteiger partial charge in [0.15, 0.2) is 0 Å². The predicted octanol–water partition coefficient (Wildman–Crippen LogP) is 2.34. The van der Waals surface area contributed by atoms with E-state index in [0.717, 1.165) is 10.3 Å². The zero-order valence-corrected chi connectivity index (χ0v) is 12.8. The Morgan fingerprint density at radius 3 is 2.91 bits per heavy atom. The molecule has 1 aromatic carbocycles. The Kier molecular flexibility index (Phi) is 4.02. The topological polar surface area (TPSA) is 64.0 Å². The Morgan fingerprint density at radius 1 is 1.32 bits per heavy atom. The molecular weight excluding hydrogens is 298 g/mol. The van der Waals surface area contributed by atoms with Crippen LogP contribution in [0.25, 0.3) is 10.8 Å². The van der Waals surface area contributed by atoms with E-state index in [9.17, 15) is 9.59 Å². The van der Waals surface area contributed by atoms with Gasteiger partial charge in [0.2, 0.25) is 5.91 Å². The van der Waals surface area contributed by atoms with Crippen LogP contribution in [0.4, 0.5) is 0 Å². The number of nitrogens with one attached hydrogen (secondary N) is 1. The molecule has 0 spiro atoms. The van der Waals surface area contributed by atoms with Gasteiger partial charge < -0.3 is 5.32 Å². The largest absolute Gasteiger partial charge is 0.347 e. The van der Waals surface area contributed by atoms with E-state index < -0.39 is 0 Å². The zero-order valence-electron chi connectivity index (χ0n) is 12.0. The average Bonchev–Trinajstić information content (AvgIpc) is 3.05. The van der Waals surface area contributed by atoms with Gasteiger partial charge in [0.05, 0.1) is 17.6 Å². The molecule has 3 rings (SSSR count). The first kappa shape index (κ1) is 14.5. The van der Waals surface area contributed by atoms with Crippen LogP contribution in [0, 0.1) is 0 Å². The molecule has 1 N–H and O–H groups in total. The van der Waals surface area contributed by atoms with Crippen LogP contribution in [-0.2, 0) is 11.3 Å². The highest BCUT2D eigenvalue weighted by atomic mass is 32.1. The fourth-order valence-corrected chi connectivity index (χ4v) is 3.01. The monoisotopic (exact) mass is 313 g/mol. The van der Waals surface area contributed by atoms with E-state index in [-0.39, 0.29) is 24.1 Å². The van der Waals surface area contributed by atoms with Crippen LogP contribution in [0.15, 0.2) is 52.8 Å². The van der Waals surface area contributed by atoms with Crippen LogP contribution < -0.4 is 10.9 Å². The number of hydrogen-bond acceptors (Lipinski definition) is 4. The maximum Gasteiger partial charge on any atom is 0.275 e. The minimum absolute atomic E-state index is 0.0799. The van der Waals surface area contributed by atoms with Crippen molar-refractivity contribution in [2.24, 2.45) is 0 Å². The van der Waals surface area contributed by atoms with Gasteiger partial charge in [-0.2, -0.15) is 5.10 Å². The molecule has 112 valence electrons. The molecule has 2 aromatic heterocycles. The summed E-state index contributed by atoms with van der Waals surface area (Å²) in [5, 5.41) is 10.2. The summed E-state index contributed by atoms with van der Waals surface area (Å²) in [4.78, 5) is 25.5. The molecule has 6 heteroatoms. The minimum Gasteiger partial charge on any atom is -0.347 e. The van der Waals surface area contributed by atoms with E-state index in [0.29, 0.717) is 5.39 Å². The van der Waals surface area contributed by atoms with E-state index in [2.05, 4.69) is 10.4 Å². The molecule has 0 aliphatic carbocycles. The average molecular weight is 313 g/mol. The van der Waals surface area contributed by atoms with Gasteiger partial charge >= 0.3 is 0 Å². The van der Waals surface area contributed by atoms with Gasteiger partial charge in [0, 0.05) is 10.3 Å². The molecule has 1 unspecified atom stereocenters. The summed E-state index contributed by atoms with van der Waals surface area (Å²) in [6.07, 6.45) is 1.60. The molecule has 1 amide bonds. The van der Waals surface area contributed by atoms with Crippen molar-refractivity contribution in [2.75, 3.05) is 0 Å². The summed E-state index contributed by atoms with van der Waals surface area (Å²) in [5.41, 5.74) is -0.253. The molecule has 0 saturated carbocycles. The lowest BCUT2D eigenvalue weighted by atomic mass is 10.2. The van der Waals surface area contributed by atoms with Crippen LogP contribution in [-0.4, -0.2) is 15.7 Å². The fourth-order valence-electron chi connectivity index (χ4n) is 2.27. The highest BCUT2D eigenvalue weighted by Gasteiger charge is 2.12. The molecule has 5 nitrogen and oxygen atoms in total. The number of carbonyl (C=O) groups excluding carboxylic acids is 1. The first-order valence-corrected chi connectivity index (χ1v) is 7.81. The van der Waals surface area contributed by atoms with Gasteiger partial charge in [-0.25, -0.2) is 4.68 Å². The van der Waals surface area contributed by atoms with Gasteiger partial charge in [-0.1, -0.05) is 24.3 Å². The van der Waals surface area contributed by atoms with Crippen LogP contribution in [0.3, 0.4) is 0 Å². The van der Waals surface area contributed by atoms with Crippen LogP contribution in [0.5, 0.6) is 0 Å². The molecular formula is C16H15N3O2S. The Balaban J connectivity index is 1.77. The smallest absolute Gasteiger partial charge is 0.275 e. The van der Waals surface area contributed by atoms with Gasteiger partial charge in [0.25, 0.3) is 5.56 Å². The molecule has 2 heterocycles. The van der Waals surface area contributed by atoms with Crippen molar-refractivity contribution in [3.05, 3.63) is 63.2 Å². The molecule has 1 atom stereocenters. The third-order valence-electron chi connectivity index (χ3n) is 3.40. The molecule has 0 saturated heterocycles. The minimum atomic E-state index is -0.253. The van der Waals surface area contributed by atoms with Crippen LogP contribution in [0.1, 0.15) is 17.8 Å². The second-order valence-corrected chi connectivity index (χ2v) is 5.98. The second kappa shape index (κ2) is 6.11. The number of fused-ring (bicyclic) bond motifs is 1. The number of hydrogen-bond donors (Lipinski definition) is 1. The number of rotatable bonds is 4. The van der Waals surface area contributed by atoms with Crippen molar-refractivity contribution in [3.63, 3.8) is 0 Å². The molecule has 0 fully saturated rings. The molecule has 22 heavy (non-hydrogen) atoms. The van der Waals surface area contributed by atoms with Crippen molar-refractivity contribution in [2.45, 2.75) is 19.5 Å². The highest BCUT2D eigenvalue weighted by molar-refractivity contribution is 7.10. The maximum absolute atomic E-state index is 12.3. The van der Waals surface area contributed by atoms with Crippen LogP contribution in [0.2, 0.25) is 0 Å². The van der Waals surface area contributed by atoms with Crippen molar-refractivity contribution in [1.29, 1.82) is 0 Å². The van der Waals surface area contributed by atoms with Crippen LogP contribution >= 0.6 is 11.3 Å². The van der Waals surface area contributed by atoms with Gasteiger partial charge in [0.1, 0.15) is 6.54 Å². The van der Waals surface area contributed by atoms with Crippen molar-refractivity contribution in [3.8, 4) is 0 Å². The Hall–Kier alpha value is -2.47. The Labute approximate surface area is 131 Å². The van der Waals surface area contributed by atoms with Gasteiger partial charge in [-0.05, 0) is 24.4 Å². The molecule has 0 bridgehead atoms. The lowest BCUT2D eigenvalue weighted by molar-refractivity contribution is -0.122. The van der Waals surface area contributed by atoms with Gasteiger partial charge in [-0.3, -0.25) is 9.59 Å². The molecule has 3 aromatic rings. The van der Waals surface area contributed by atoms with Crippen molar-refractivity contribution in [1.82, 2.24) is 15.1 Å². The SMILES string of the molecule is CC(NC(=O)Cn1ncc2ccccc2c1=O)c1cccs1. The normalized spacial score (nSPS) is 12.2. The number of thiophene rings is 1. The van der Waals surface area contributed by atoms with E-state index in [1.54, 1.807) is 29.7 Å². The quantitative estimate of drug-likeness (QED) is 0.804. The number of benzene rings is 1. The van der Waals surface area contributed by atoms with E-state index in [1.807, 2.05) is 36.6 Å². The number of amides is 1. The summed E-state index contributed by atoms with van der Waals surface area (Å²) < 4.78 is 1.19. The molecule has 0 aliphatic heterocycles. The summed E-state index contributed by atoms with van der Waals surface area (Å²) in [6, 6.07) is 11.0. The summed E-state index contributed by atoms with van der Waals surface area (Å²) in [7, 11) is 0. The van der Waals surface area contributed by atoms with E-state index >= 15 is 0 Å². The summed E-state index contributed by atoms with van der Waals surface area (Å²) in [5.74, 6) is -0.231. The van der Waals surface area contributed by atoms with E-state index in [1.165, 1.54) is 4.68 Å². The fraction of sp³-hybridized carbons (Fsp3) is 0.188. The van der Waals surface area contributed by atoms with Crippen molar-refractivity contribution < 1.29 is 4.79 Å². The molecule has 0 radical (unpaired) electrons. The highest BCUT2D eigenvalue weighted by Crippen LogP contribution is 2.17. The Bertz CT molecular complexity index is 855. The standard InChI is InChI=1S/C16H15N3O2S/c1-11(14-7-4-8-22-14)18-15(20)10-19-16(21)13-6-3-2-5-12(13)9-17-19/h2-9,11H,10H2,1H3,(H,18,20). The first-order valence-electron chi connectivity index (χ1n) is 6.93. The third kappa shape index (κ3) is 2.92. The third-order valence-corrected chi connectivity index (χ3v) is 4.46. The Morgan fingerprint density at radius 2 is 2.14 bits per heavy atom. The second-order valence-electron chi connectivity index (χ2n) is 5.00. The summed E-state index contributed by atoms with van der Waals surface area (Å²) in [6.45, 7) is 1.83. The first-order chi connectivity index (χ1) is 10.6. The number of nitrogens with zero attached hydrogens (tertiary/aromatic N) is 2. The molecule has 0 aliphatic rings.